The van der Waals surface area contributed by atoms with Crippen molar-refractivity contribution in [1.82, 2.24) is 9.97 Å². The number of aryl methyl sites for hydroxylation is 2. The van der Waals surface area contributed by atoms with Gasteiger partial charge in [0.2, 0.25) is 0 Å². The Balaban J connectivity index is 2.01. The topological polar surface area (TPSA) is 25.8 Å². The molecular weight excluding hydrogens is 292 g/mol. The highest BCUT2D eigenvalue weighted by atomic mass is 14.6. The van der Waals surface area contributed by atoms with Gasteiger partial charge in [0.1, 0.15) is 0 Å². The lowest BCUT2D eigenvalue weighted by Crippen LogP contribution is -1.97. The van der Waals surface area contributed by atoms with E-state index >= 15 is 0 Å². The van der Waals surface area contributed by atoms with Gasteiger partial charge in [-0.2, -0.15) is 0 Å². The highest BCUT2D eigenvalue weighted by Crippen LogP contribution is 2.31. The molecule has 3 aromatic rings. The van der Waals surface area contributed by atoms with E-state index in [1.54, 1.807) is 12.4 Å². The summed E-state index contributed by atoms with van der Waals surface area (Å²) >= 11 is 0. The normalized spacial score (nSPS) is 10.4. The van der Waals surface area contributed by atoms with Crippen molar-refractivity contribution in [1.29, 1.82) is 0 Å². The number of benzene rings is 1. The molecule has 0 saturated carbocycles. The van der Waals surface area contributed by atoms with Gasteiger partial charge in [-0.3, -0.25) is 9.97 Å². The number of hydrogen-bond donors (Lipinski definition) is 0. The van der Waals surface area contributed by atoms with E-state index in [1.807, 2.05) is 36.7 Å². The highest BCUT2D eigenvalue weighted by Gasteiger charge is 2.12. The standard InChI is InChI=1S/C22H20N2/c1-15-11-22(18(4)20-8-6-10-24-14-20)16(2)12-21(15)17(3)19-7-5-9-23-13-19/h5-14H,3-4H2,1-2H3. The second kappa shape index (κ2) is 6.63. The molecule has 2 heterocycles. The van der Waals surface area contributed by atoms with Crippen molar-refractivity contribution in [3.05, 3.63) is 108 Å². The van der Waals surface area contributed by atoms with Crippen LogP contribution in [0.25, 0.3) is 11.1 Å². The minimum atomic E-state index is 0.988. The summed E-state index contributed by atoms with van der Waals surface area (Å²) in [5.41, 5.74) is 8.69. The molecule has 0 bridgehead atoms. The zero-order valence-corrected chi connectivity index (χ0v) is 14.1. The Morgan fingerprint density at radius 1 is 0.750 bits per heavy atom. The molecule has 0 aliphatic heterocycles. The molecule has 0 fully saturated rings. The molecular formula is C22H20N2. The lowest BCUT2D eigenvalue weighted by Gasteiger charge is -2.16. The SMILES string of the molecule is C=C(c1cccnc1)c1cc(C)c(C(=C)c2cccnc2)cc1C. The van der Waals surface area contributed by atoms with Crippen LogP contribution in [0.4, 0.5) is 0 Å². The van der Waals surface area contributed by atoms with Crippen LogP contribution in [0.3, 0.4) is 0 Å². The van der Waals surface area contributed by atoms with E-state index in [1.165, 1.54) is 11.1 Å². The Bertz CT molecular complexity index is 817. The Morgan fingerprint density at radius 2 is 1.17 bits per heavy atom. The highest BCUT2D eigenvalue weighted by molar-refractivity contribution is 5.84. The van der Waals surface area contributed by atoms with Gasteiger partial charge in [-0.15, -0.1) is 0 Å². The molecule has 2 nitrogen and oxygen atoms in total. The van der Waals surface area contributed by atoms with E-state index in [0.29, 0.717) is 0 Å². The molecule has 2 heteroatoms. The average molecular weight is 312 g/mol. The van der Waals surface area contributed by atoms with Crippen LogP contribution in [0.5, 0.6) is 0 Å². The Labute approximate surface area is 143 Å². The third-order valence-electron chi connectivity index (χ3n) is 4.24. The third-order valence-corrected chi connectivity index (χ3v) is 4.24. The van der Waals surface area contributed by atoms with Gasteiger partial charge in [0, 0.05) is 35.9 Å². The number of nitrogens with zero attached hydrogens (tertiary/aromatic N) is 2. The molecule has 0 aliphatic carbocycles. The first-order valence-electron chi connectivity index (χ1n) is 7.88. The van der Waals surface area contributed by atoms with Gasteiger partial charge in [0.15, 0.2) is 0 Å². The van der Waals surface area contributed by atoms with Gasteiger partial charge in [0.05, 0.1) is 0 Å². The fourth-order valence-electron chi connectivity index (χ4n) is 2.86. The van der Waals surface area contributed by atoms with Gasteiger partial charge in [-0.05, 0) is 59.4 Å². The number of pyridine rings is 2. The summed E-state index contributed by atoms with van der Waals surface area (Å²) in [5, 5.41) is 0. The first-order chi connectivity index (χ1) is 11.6. The summed E-state index contributed by atoms with van der Waals surface area (Å²) < 4.78 is 0. The van der Waals surface area contributed by atoms with Crippen LogP contribution in [-0.4, -0.2) is 9.97 Å². The molecule has 0 spiro atoms. The molecule has 1 aromatic carbocycles. The van der Waals surface area contributed by atoms with Crippen LogP contribution in [0, 0.1) is 13.8 Å². The van der Waals surface area contributed by atoms with Crippen LogP contribution in [0.1, 0.15) is 33.4 Å². The number of hydrogen-bond acceptors (Lipinski definition) is 2. The van der Waals surface area contributed by atoms with Gasteiger partial charge in [-0.1, -0.05) is 37.4 Å². The molecule has 0 amide bonds. The number of rotatable bonds is 4. The van der Waals surface area contributed by atoms with Gasteiger partial charge >= 0.3 is 0 Å². The predicted octanol–water partition coefficient (Wildman–Crippen LogP) is 5.22. The van der Waals surface area contributed by atoms with Crippen LogP contribution in [0.15, 0.2) is 74.3 Å². The third kappa shape index (κ3) is 3.04. The zero-order valence-electron chi connectivity index (χ0n) is 14.1. The van der Waals surface area contributed by atoms with Gasteiger partial charge in [0.25, 0.3) is 0 Å². The molecule has 0 atom stereocenters. The second-order valence-electron chi connectivity index (χ2n) is 5.92. The van der Waals surface area contributed by atoms with E-state index in [0.717, 1.165) is 33.4 Å². The van der Waals surface area contributed by atoms with E-state index in [-0.39, 0.29) is 0 Å². The van der Waals surface area contributed by atoms with Crippen LogP contribution < -0.4 is 0 Å². The Kier molecular flexibility index (Phi) is 4.39. The Morgan fingerprint density at radius 3 is 1.50 bits per heavy atom. The predicted molar refractivity (Wildman–Crippen MR) is 101 cm³/mol. The summed E-state index contributed by atoms with van der Waals surface area (Å²) in [7, 11) is 0. The smallest absolute Gasteiger partial charge is 0.0346 e. The summed E-state index contributed by atoms with van der Waals surface area (Å²) in [5.74, 6) is 0. The maximum atomic E-state index is 4.26. The summed E-state index contributed by atoms with van der Waals surface area (Å²) in [6.45, 7) is 12.7. The van der Waals surface area contributed by atoms with E-state index < -0.39 is 0 Å². The summed E-state index contributed by atoms with van der Waals surface area (Å²) in [6.07, 6.45) is 7.24. The quantitative estimate of drug-likeness (QED) is 0.660. The molecule has 0 radical (unpaired) electrons. The first-order valence-corrected chi connectivity index (χ1v) is 7.88. The first kappa shape index (κ1) is 15.9. The van der Waals surface area contributed by atoms with Crippen LogP contribution >= 0.6 is 0 Å². The van der Waals surface area contributed by atoms with Crippen LogP contribution in [-0.2, 0) is 0 Å². The molecule has 0 unspecified atom stereocenters. The zero-order chi connectivity index (χ0) is 17.1. The average Bonchev–Trinajstić information content (AvgIpc) is 2.63. The van der Waals surface area contributed by atoms with Crippen molar-refractivity contribution in [3.63, 3.8) is 0 Å². The van der Waals surface area contributed by atoms with Gasteiger partial charge in [-0.25, -0.2) is 0 Å². The molecule has 0 saturated heterocycles. The van der Waals surface area contributed by atoms with Crippen molar-refractivity contribution in [2.45, 2.75) is 13.8 Å². The molecule has 3 rings (SSSR count). The summed E-state index contributed by atoms with van der Waals surface area (Å²) in [4.78, 5) is 8.37. The lowest BCUT2D eigenvalue weighted by molar-refractivity contribution is 1.28. The van der Waals surface area contributed by atoms with Gasteiger partial charge < -0.3 is 0 Å². The monoisotopic (exact) mass is 312 g/mol. The fourth-order valence-corrected chi connectivity index (χ4v) is 2.86. The minimum absolute atomic E-state index is 0.988. The fraction of sp³-hybridized carbons (Fsp3) is 0.0909. The van der Waals surface area contributed by atoms with E-state index in [2.05, 4.69) is 49.1 Å². The van der Waals surface area contributed by atoms with Crippen molar-refractivity contribution in [3.8, 4) is 0 Å². The largest absolute Gasteiger partial charge is 0.264 e. The van der Waals surface area contributed by atoms with Crippen LogP contribution in [0.2, 0.25) is 0 Å². The lowest BCUT2D eigenvalue weighted by atomic mass is 9.89. The Hall–Kier alpha value is -3.00. The van der Waals surface area contributed by atoms with Crippen molar-refractivity contribution in [2.75, 3.05) is 0 Å². The summed E-state index contributed by atoms with van der Waals surface area (Å²) in [6, 6.07) is 12.3. The van der Waals surface area contributed by atoms with E-state index in [9.17, 15) is 0 Å². The number of aromatic nitrogens is 2. The molecule has 24 heavy (non-hydrogen) atoms. The van der Waals surface area contributed by atoms with Crippen molar-refractivity contribution < 1.29 is 0 Å². The second-order valence-corrected chi connectivity index (χ2v) is 5.92. The maximum Gasteiger partial charge on any atom is 0.0346 e. The molecule has 118 valence electrons. The van der Waals surface area contributed by atoms with Crippen molar-refractivity contribution in [2.24, 2.45) is 0 Å². The molecule has 0 aliphatic rings. The molecule has 2 aromatic heterocycles. The molecule has 0 N–H and O–H groups in total. The maximum absolute atomic E-state index is 4.26. The van der Waals surface area contributed by atoms with E-state index in [4.69, 9.17) is 0 Å². The minimum Gasteiger partial charge on any atom is -0.264 e. The van der Waals surface area contributed by atoms with Crippen molar-refractivity contribution >= 4 is 11.1 Å².